The topological polar surface area (TPSA) is 50.8 Å². The minimum absolute atomic E-state index is 0.187. The van der Waals surface area contributed by atoms with Crippen molar-refractivity contribution in [2.45, 2.75) is 31.7 Å². The fourth-order valence-corrected chi connectivity index (χ4v) is 5.07. The van der Waals surface area contributed by atoms with Crippen LogP contribution in [-0.2, 0) is 9.53 Å². The van der Waals surface area contributed by atoms with Crippen LogP contribution in [0.15, 0.2) is 24.3 Å². The van der Waals surface area contributed by atoms with E-state index in [1.54, 1.807) is 7.11 Å². The van der Waals surface area contributed by atoms with Crippen LogP contribution in [0.1, 0.15) is 37.3 Å². The lowest BCUT2D eigenvalue weighted by molar-refractivity contribution is -0.126. The van der Waals surface area contributed by atoms with Crippen LogP contribution >= 0.6 is 0 Å². The molecule has 1 N–H and O–H groups in total. The predicted octanol–water partition coefficient (Wildman–Crippen LogP) is 2.62. The van der Waals surface area contributed by atoms with Gasteiger partial charge < -0.3 is 14.8 Å². The van der Waals surface area contributed by atoms with E-state index in [9.17, 15) is 4.79 Å². The van der Waals surface area contributed by atoms with E-state index in [0.717, 1.165) is 44.4 Å². The summed E-state index contributed by atoms with van der Waals surface area (Å²) in [4.78, 5) is 15.2. The lowest BCUT2D eigenvalue weighted by Crippen LogP contribution is -2.45. The minimum Gasteiger partial charge on any atom is -0.497 e. The van der Waals surface area contributed by atoms with Gasteiger partial charge in [0.1, 0.15) is 5.75 Å². The maximum atomic E-state index is 12.8. The molecule has 2 bridgehead atoms. The molecule has 1 saturated heterocycles. The van der Waals surface area contributed by atoms with Crippen LogP contribution < -0.4 is 10.1 Å². The van der Waals surface area contributed by atoms with Crippen LogP contribution in [0.3, 0.4) is 0 Å². The van der Waals surface area contributed by atoms with Crippen LogP contribution in [0.2, 0.25) is 0 Å². The van der Waals surface area contributed by atoms with Crippen molar-refractivity contribution in [1.29, 1.82) is 0 Å². The third-order valence-corrected chi connectivity index (χ3v) is 6.53. The Kier molecular flexibility index (Phi) is 5.46. The summed E-state index contributed by atoms with van der Waals surface area (Å²) in [6.07, 6.45) is 4.94. The van der Waals surface area contributed by atoms with Crippen LogP contribution in [-0.4, -0.2) is 50.8 Å². The molecule has 142 valence electrons. The Morgan fingerprint density at radius 3 is 2.62 bits per heavy atom. The zero-order valence-electron chi connectivity index (χ0n) is 15.7. The maximum Gasteiger partial charge on any atom is 0.223 e. The first kappa shape index (κ1) is 17.8. The number of benzene rings is 1. The van der Waals surface area contributed by atoms with E-state index in [1.165, 1.54) is 24.8 Å². The zero-order chi connectivity index (χ0) is 17.9. The monoisotopic (exact) mass is 358 g/mol. The number of hydrogen-bond acceptors (Lipinski definition) is 4. The van der Waals surface area contributed by atoms with Crippen molar-refractivity contribution in [2.24, 2.45) is 17.8 Å². The standard InChI is InChI=1S/C21H30N2O3/c1-25-18-6-4-16(5-7-18)20(23-8-10-26-11-9-23)14-22-21(24)19-13-15-2-3-17(19)12-15/h4-7,15,17,19-20H,2-3,8-14H2,1H3,(H,22,24). The molecule has 1 aliphatic heterocycles. The Labute approximate surface area is 156 Å². The summed E-state index contributed by atoms with van der Waals surface area (Å²) in [7, 11) is 1.68. The Hall–Kier alpha value is -1.59. The van der Waals surface area contributed by atoms with Gasteiger partial charge in [-0.25, -0.2) is 0 Å². The molecular weight excluding hydrogens is 328 g/mol. The van der Waals surface area contributed by atoms with Gasteiger partial charge in [0.2, 0.25) is 5.91 Å². The van der Waals surface area contributed by atoms with Crippen molar-refractivity contribution in [3.8, 4) is 5.75 Å². The average Bonchev–Trinajstić information content (AvgIpc) is 3.33. The summed E-state index contributed by atoms with van der Waals surface area (Å²) in [6, 6.07) is 8.42. The first-order valence-electron chi connectivity index (χ1n) is 9.98. The van der Waals surface area contributed by atoms with Gasteiger partial charge in [-0.1, -0.05) is 18.6 Å². The second-order valence-electron chi connectivity index (χ2n) is 7.96. The number of morpholine rings is 1. The van der Waals surface area contributed by atoms with Crippen LogP contribution in [0.4, 0.5) is 0 Å². The van der Waals surface area contributed by atoms with Gasteiger partial charge in [0.15, 0.2) is 0 Å². The molecule has 1 aromatic rings. The van der Waals surface area contributed by atoms with Crippen molar-refractivity contribution in [1.82, 2.24) is 10.2 Å². The molecular formula is C21H30N2O3. The van der Waals surface area contributed by atoms with E-state index in [4.69, 9.17) is 9.47 Å². The highest BCUT2D eigenvalue weighted by Gasteiger charge is 2.43. The third-order valence-electron chi connectivity index (χ3n) is 6.53. The van der Waals surface area contributed by atoms with Crippen LogP contribution in [0.5, 0.6) is 5.75 Å². The highest BCUT2D eigenvalue weighted by atomic mass is 16.5. The van der Waals surface area contributed by atoms with Gasteiger partial charge in [-0.3, -0.25) is 9.69 Å². The Bertz CT molecular complexity index is 612. The van der Waals surface area contributed by atoms with E-state index >= 15 is 0 Å². The zero-order valence-corrected chi connectivity index (χ0v) is 15.7. The molecule has 0 radical (unpaired) electrons. The van der Waals surface area contributed by atoms with Gasteiger partial charge in [-0.2, -0.15) is 0 Å². The Balaban J connectivity index is 1.42. The van der Waals surface area contributed by atoms with Gasteiger partial charge in [0.25, 0.3) is 0 Å². The molecule has 5 nitrogen and oxygen atoms in total. The number of carbonyl (C=O) groups is 1. The summed E-state index contributed by atoms with van der Waals surface area (Å²) in [5, 5.41) is 3.28. The largest absolute Gasteiger partial charge is 0.497 e. The molecule has 1 amide bonds. The summed E-state index contributed by atoms with van der Waals surface area (Å²) in [5.74, 6) is 2.80. The van der Waals surface area contributed by atoms with Gasteiger partial charge in [-0.15, -0.1) is 0 Å². The number of nitrogens with one attached hydrogen (secondary N) is 1. The summed E-state index contributed by atoms with van der Waals surface area (Å²) in [6.45, 7) is 3.99. The molecule has 5 heteroatoms. The number of rotatable bonds is 6. The van der Waals surface area contributed by atoms with Crippen LogP contribution in [0.25, 0.3) is 0 Å². The molecule has 3 aliphatic rings. The number of carbonyl (C=O) groups excluding carboxylic acids is 1. The number of nitrogens with zero attached hydrogens (tertiary/aromatic N) is 1. The summed E-state index contributed by atoms with van der Waals surface area (Å²) < 4.78 is 10.8. The van der Waals surface area contributed by atoms with Gasteiger partial charge in [-0.05, 0) is 48.8 Å². The average molecular weight is 358 g/mol. The van der Waals surface area contributed by atoms with Gasteiger partial charge >= 0.3 is 0 Å². The molecule has 4 atom stereocenters. The van der Waals surface area contributed by atoms with Gasteiger partial charge in [0, 0.05) is 25.6 Å². The molecule has 4 unspecified atom stereocenters. The summed E-state index contributed by atoms with van der Waals surface area (Å²) >= 11 is 0. The quantitative estimate of drug-likeness (QED) is 0.849. The molecule has 4 rings (SSSR count). The third kappa shape index (κ3) is 3.74. The molecule has 26 heavy (non-hydrogen) atoms. The molecule has 2 saturated carbocycles. The van der Waals surface area contributed by atoms with Crippen LogP contribution in [0, 0.1) is 17.8 Å². The first-order chi connectivity index (χ1) is 12.7. The Morgan fingerprint density at radius 1 is 1.23 bits per heavy atom. The Morgan fingerprint density at radius 2 is 2.00 bits per heavy atom. The smallest absolute Gasteiger partial charge is 0.223 e. The van der Waals surface area contributed by atoms with E-state index in [2.05, 4.69) is 22.3 Å². The highest BCUT2D eigenvalue weighted by molar-refractivity contribution is 5.79. The first-order valence-corrected chi connectivity index (χ1v) is 9.98. The molecule has 2 aliphatic carbocycles. The van der Waals surface area contributed by atoms with Crippen molar-refractivity contribution >= 4 is 5.91 Å². The van der Waals surface area contributed by atoms with Gasteiger partial charge in [0.05, 0.1) is 26.4 Å². The second kappa shape index (κ2) is 7.97. The van der Waals surface area contributed by atoms with Crippen molar-refractivity contribution in [3.05, 3.63) is 29.8 Å². The number of methoxy groups -OCH3 is 1. The minimum atomic E-state index is 0.187. The molecule has 0 spiro atoms. The number of amides is 1. The van der Waals surface area contributed by atoms with Crippen molar-refractivity contribution in [3.63, 3.8) is 0 Å². The van der Waals surface area contributed by atoms with E-state index in [-0.39, 0.29) is 17.9 Å². The maximum absolute atomic E-state index is 12.8. The number of fused-ring (bicyclic) bond motifs is 2. The fraction of sp³-hybridized carbons (Fsp3) is 0.667. The normalized spacial score (nSPS) is 29.5. The van der Waals surface area contributed by atoms with E-state index in [1.807, 2.05) is 12.1 Å². The molecule has 1 aromatic carbocycles. The molecule has 1 heterocycles. The predicted molar refractivity (Wildman–Crippen MR) is 100 cm³/mol. The lowest BCUT2D eigenvalue weighted by Gasteiger charge is -2.35. The van der Waals surface area contributed by atoms with Crippen molar-refractivity contribution in [2.75, 3.05) is 40.0 Å². The fourth-order valence-electron chi connectivity index (χ4n) is 5.07. The highest BCUT2D eigenvalue weighted by Crippen LogP contribution is 2.48. The number of hydrogen-bond donors (Lipinski definition) is 1. The van der Waals surface area contributed by atoms with Crippen molar-refractivity contribution < 1.29 is 14.3 Å². The molecule has 0 aromatic heterocycles. The second-order valence-corrected chi connectivity index (χ2v) is 7.96. The van der Waals surface area contributed by atoms with E-state index < -0.39 is 0 Å². The lowest BCUT2D eigenvalue weighted by atomic mass is 9.88. The summed E-state index contributed by atoms with van der Waals surface area (Å²) in [5.41, 5.74) is 1.22. The SMILES string of the molecule is COc1ccc(C(CNC(=O)C2CC3CCC2C3)N2CCOCC2)cc1. The molecule has 3 fully saturated rings. The number of ether oxygens (including phenoxy) is 2. The van der Waals surface area contributed by atoms with E-state index in [0.29, 0.717) is 12.5 Å².